The summed E-state index contributed by atoms with van der Waals surface area (Å²) in [4.78, 5) is 11.2. The average molecular weight is 344 g/mol. The molecule has 26 heavy (non-hydrogen) atoms. The van der Waals surface area contributed by atoms with Crippen molar-refractivity contribution in [3.8, 4) is 28.3 Å². The molecule has 2 heterocycles. The van der Waals surface area contributed by atoms with Crippen molar-refractivity contribution in [1.29, 1.82) is 0 Å². The quantitative estimate of drug-likeness (QED) is 0.558. The Morgan fingerprint density at radius 3 is 2.42 bits per heavy atom. The number of ether oxygens (including phenoxy) is 1. The van der Waals surface area contributed by atoms with Crippen LogP contribution in [0.4, 0.5) is 5.69 Å². The molecule has 0 spiro atoms. The lowest BCUT2D eigenvalue weighted by molar-refractivity contribution is 0.415. The molecule has 0 radical (unpaired) electrons. The van der Waals surface area contributed by atoms with Crippen LogP contribution in [0.15, 0.2) is 67.1 Å². The van der Waals surface area contributed by atoms with Crippen molar-refractivity contribution in [2.24, 2.45) is 0 Å². The molecule has 2 aromatic carbocycles. The summed E-state index contributed by atoms with van der Waals surface area (Å²) in [6.07, 6.45) is 5.74. The Labute approximate surface area is 152 Å². The molecule has 0 fully saturated rings. The fourth-order valence-electron chi connectivity index (χ4n) is 3.08. The van der Waals surface area contributed by atoms with Crippen LogP contribution in [0.2, 0.25) is 0 Å². The summed E-state index contributed by atoms with van der Waals surface area (Å²) in [5.74, 6) is 0.838. The van der Waals surface area contributed by atoms with Crippen molar-refractivity contribution in [2.45, 2.75) is 0 Å². The normalized spacial score (nSPS) is 10.9. The summed E-state index contributed by atoms with van der Waals surface area (Å²) in [7, 11) is 5.75. The summed E-state index contributed by atoms with van der Waals surface area (Å²) in [5.41, 5.74) is 6.06. The van der Waals surface area contributed by atoms with E-state index in [4.69, 9.17) is 4.74 Å². The first-order chi connectivity index (χ1) is 12.7. The van der Waals surface area contributed by atoms with Gasteiger partial charge in [-0.05, 0) is 30.3 Å². The van der Waals surface area contributed by atoms with E-state index in [1.807, 2.05) is 69.1 Å². The fraction of sp³-hybridized carbons (Fsp3) is 0.143. The Morgan fingerprint density at radius 1 is 0.923 bits per heavy atom. The number of hydrogen-bond acceptors (Lipinski definition) is 4. The highest BCUT2D eigenvalue weighted by Crippen LogP contribution is 2.30. The summed E-state index contributed by atoms with van der Waals surface area (Å²) in [5, 5.41) is 0. The van der Waals surface area contributed by atoms with E-state index in [9.17, 15) is 0 Å². The monoisotopic (exact) mass is 344 g/mol. The molecule has 0 amide bonds. The second kappa shape index (κ2) is 6.52. The number of rotatable bonds is 4. The van der Waals surface area contributed by atoms with Crippen LogP contribution in [-0.4, -0.2) is 35.6 Å². The second-order valence-corrected chi connectivity index (χ2v) is 6.28. The molecule has 0 saturated carbocycles. The van der Waals surface area contributed by atoms with E-state index in [1.165, 1.54) is 0 Å². The van der Waals surface area contributed by atoms with Crippen LogP contribution < -0.4 is 9.64 Å². The topological polar surface area (TPSA) is 42.7 Å². The zero-order chi connectivity index (χ0) is 18.1. The first kappa shape index (κ1) is 16.1. The van der Waals surface area contributed by atoms with Crippen LogP contribution in [0.1, 0.15) is 0 Å². The van der Waals surface area contributed by atoms with Gasteiger partial charge >= 0.3 is 0 Å². The Balaban J connectivity index is 1.85. The van der Waals surface area contributed by atoms with Gasteiger partial charge in [0.25, 0.3) is 0 Å². The van der Waals surface area contributed by atoms with Gasteiger partial charge in [-0.1, -0.05) is 18.2 Å². The average Bonchev–Trinajstić information content (AvgIpc) is 3.11. The number of nitrogens with zero attached hydrogens (tertiary/aromatic N) is 4. The van der Waals surface area contributed by atoms with Crippen molar-refractivity contribution in [3.05, 3.63) is 67.1 Å². The maximum Gasteiger partial charge on any atom is 0.155 e. The lowest BCUT2D eigenvalue weighted by Crippen LogP contribution is -2.10. The number of aromatic nitrogens is 3. The highest BCUT2D eigenvalue weighted by atomic mass is 16.5. The third kappa shape index (κ3) is 2.77. The van der Waals surface area contributed by atoms with Gasteiger partial charge in [0.15, 0.2) is 5.65 Å². The van der Waals surface area contributed by atoms with Gasteiger partial charge in [0, 0.05) is 37.1 Å². The van der Waals surface area contributed by atoms with Gasteiger partial charge in [0.2, 0.25) is 0 Å². The minimum atomic E-state index is 0.821. The Hall–Kier alpha value is -3.34. The zero-order valence-electron chi connectivity index (χ0n) is 15.0. The Morgan fingerprint density at radius 2 is 1.69 bits per heavy atom. The largest absolute Gasteiger partial charge is 0.497 e. The van der Waals surface area contributed by atoms with Gasteiger partial charge < -0.3 is 9.64 Å². The van der Waals surface area contributed by atoms with Gasteiger partial charge in [-0.2, -0.15) is 0 Å². The first-order valence-electron chi connectivity index (χ1n) is 8.41. The molecule has 0 saturated heterocycles. The third-order valence-electron chi connectivity index (χ3n) is 4.44. The van der Waals surface area contributed by atoms with Crippen molar-refractivity contribution in [2.75, 3.05) is 26.1 Å². The van der Waals surface area contributed by atoms with Gasteiger partial charge in [0.05, 0.1) is 30.9 Å². The minimum Gasteiger partial charge on any atom is -0.497 e. The Kier molecular flexibility index (Phi) is 4.05. The molecular weight excluding hydrogens is 324 g/mol. The number of benzene rings is 2. The van der Waals surface area contributed by atoms with Crippen LogP contribution in [0.3, 0.4) is 0 Å². The number of fused-ring (bicyclic) bond motifs is 1. The zero-order valence-corrected chi connectivity index (χ0v) is 15.0. The number of hydrogen-bond donors (Lipinski definition) is 0. The van der Waals surface area contributed by atoms with E-state index in [2.05, 4.69) is 31.4 Å². The van der Waals surface area contributed by atoms with Crippen LogP contribution in [-0.2, 0) is 0 Å². The molecule has 0 N–H and O–H groups in total. The molecule has 5 nitrogen and oxygen atoms in total. The summed E-state index contributed by atoms with van der Waals surface area (Å²) in [6.45, 7) is 0. The smallest absolute Gasteiger partial charge is 0.155 e. The SMILES string of the molecule is COc1ccc(-c2cnc3cnc(-c4ccccc4N(C)C)cn23)cc1. The van der Waals surface area contributed by atoms with E-state index >= 15 is 0 Å². The molecule has 4 rings (SSSR count). The van der Waals surface area contributed by atoms with Crippen molar-refractivity contribution < 1.29 is 4.74 Å². The molecule has 5 heteroatoms. The highest BCUT2D eigenvalue weighted by Gasteiger charge is 2.11. The second-order valence-electron chi connectivity index (χ2n) is 6.28. The van der Waals surface area contributed by atoms with E-state index in [0.717, 1.165) is 39.6 Å². The van der Waals surface area contributed by atoms with E-state index in [-0.39, 0.29) is 0 Å². The van der Waals surface area contributed by atoms with E-state index in [0.29, 0.717) is 0 Å². The lowest BCUT2D eigenvalue weighted by Gasteiger charge is -2.17. The van der Waals surface area contributed by atoms with Gasteiger partial charge in [-0.3, -0.25) is 9.38 Å². The van der Waals surface area contributed by atoms with Crippen molar-refractivity contribution in [3.63, 3.8) is 0 Å². The van der Waals surface area contributed by atoms with Crippen LogP contribution in [0.5, 0.6) is 5.75 Å². The minimum absolute atomic E-state index is 0.821. The van der Waals surface area contributed by atoms with Gasteiger partial charge in [-0.15, -0.1) is 0 Å². The summed E-state index contributed by atoms with van der Waals surface area (Å²) >= 11 is 0. The van der Waals surface area contributed by atoms with Crippen molar-refractivity contribution in [1.82, 2.24) is 14.4 Å². The molecule has 0 atom stereocenters. The predicted molar refractivity (Wildman–Crippen MR) is 105 cm³/mol. The molecule has 0 unspecified atom stereocenters. The number of para-hydroxylation sites is 1. The molecule has 4 aromatic rings. The molecule has 0 aliphatic rings. The highest BCUT2D eigenvalue weighted by molar-refractivity contribution is 5.76. The summed E-state index contributed by atoms with van der Waals surface area (Å²) < 4.78 is 7.33. The van der Waals surface area contributed by atoms with Gasteiger partial charge in [0.1, 0.15) is 5.75 Å². The molecule has 0 bridgehead atoms. The summed E-state index contributed by atoms with van der Waals surface area (Å²) in [6, 6.07) is 16.2. The molecular formula is C21H20N4O. The number of methoxy groups -OCH3 is 1. The third-order valence-corrected chi connectivity index (χ3v) is 4.44. The van der Waals surface area contributed by atoms with Crippen LogP contribution in [0, 0.1) is 0 Å². The van der Waals surface area contributed by atoms with Gasteiger partial charge in [-0.25, -0.2) is 4.98 Å². The van der Waals surface area contributed by atoms with Crippen LogP contribution >= 0.6 is 0 Å². The molecule has 0 aliphatic heterocycles. The lowest BCUT2D eigenvalue weighted by atomic mass is 10.1. The predicted octanol–water partition coefficient (Wildman–Crippen LogP) is 4.14. The Bertz CT molecular complexity index is 1050. The molecule has 130 valence electrons. The molecule has 0 aliphatic carbocycles. The number of imidazole rings is 1. The molecule has 2 aromatic heterocycles. The standard InChI is InChI=1S/C21H20N4O/c1-24(2)19-7-5-4-6-17(19)18-14-25-20(12-23-21(25)13-22-18)15-8-10-16(26-3)11-9-15/h4-14H,1-3H3. The van der Waals surface area contributed by atoms with Crippen LogP contribution in [0.25, 0.3) is 28.2 Å². The fourth-order valence-corrected chi connectivity index (χ4v) is 3.08. The number of anilines is 1. The maximum atomic E-state index is 5.25. The maximum absolute atomic E-state index is 5.25. The van der Waals surface area contributed by atoms with E-state index < -0.39 is 0 Å². The van der Waals surface area contributed by atoms with E-state index in [1.54, 1.807) is 7.11 Å². The van der Waals surface area contributed by atoms with Crippen molar-refractivity contribution >= 4 is 11.3 Å². The first-order valence-corrected chi connectivity index (χ1v) is 8.41.